The van der Waals surface area contributed by atoms with Gasteiger partial charge < -0.3 is 19.9 Å². The zero-order valence-corrected chi connectivity index (χ0v) is 14.0. The standard InChI is InChI=1S/C19H20N4O2/c1-25-15-6-5-13-10-17(22-16(13)11-15)19(24)21-14-7-9-23(12-14)18-4-2-3-8-20-18/h2-6,8,10-11,14,22H,7,9,12H2,1H3,(H,21,24)/t14-/m0/s1. The van der Waals surface area contributed by atoms with Crippen LogP contribution in [-0.4, -0.2) is 42.1 Å². The number of hydrogen-bond donors (Lipinski definition) is 2. The Morgan fingerprint density at radius 1 is 1.32 bits per heavy atom. The summed E-state index contributed by atoms with van der Waals surface area (Å²) in [6.07, 6.45) is 2.70. The number of benzene rings is 1. The zero-order chi connectivity index (χ0) is 17.2. The minimum atomic E-state index is -0.0805. The Morgan fingerprint density at radius 2 is 2.24 bits per heavy atom. The van der Waals surface area contributed by atoms with E-state index >= 15 is 0 Å². The van der Waals surface area contributed by atoms with E-state index < -0.39 is 0 Å². The molecule has 0 radical (unpaired) electrons. The maximum atomic E-state index is 12.6. The second-order valence-corrected chi connectivity index (χ2v) is 6.23. The number of fused-ring (bicyclic) bond motifs is 1. The van der Waals surface area contributed by atoms with E-state index in [9.17, 15) is 4.79 Å². The van der Waals surface area contributed by atoms with Crippen LogP contribution in [0.15, 0.2) is 48.7 Å². The number of rotatable bonds is 4. The molecule has 3 aromatic rings. The lowest BCUT2D eigenvalue weighted by atomic mass is 10.2. The highest BCUT2D eigenvalue weighted by Crippen LogP contribution is 2.22. The Bertz CT molecular complexity index is 891. The molecule has 3 heterocycles. The molecule has 1 saturated heterocycles. The van der Waals surface area contributed by atoms with Crippen LogP contribution in [0.1, 0.15) is 16.9 Å². The van der Waals surface area contributed by atoms with Crippen LogP contribution < -0.4 is 15.0 Å². The SMILES string of the molecule is COc1ccc2cc(C(=O)N[C@H]3CCN(c4ccccn4)C3)[nH]c2c1. The van der Waals surface area contributed by atoms with Crippen LogP contribution >= 0.6 is 0 Å². The predicted octanol–water partition coefficient (Wildman–Crippen LogP) is 2.58. The average Bonchev–Trinajstić information content (AvgIpc) is 3.28. The van der Waals surface area contributed by atoms with Crippen LogP contribution in [0.4, 0.5) is 5.82 Å². The van der Waals surface area contributed by atoms with Crippen molar-refractivity contribution in [3.8, 4) is 5.75 Å². The summed E-state index contributed by atoms with van der Waals surface area (Å²) in [5, 5.41) is 4.11. The van der Waals surface area contributed by atoms with Gasteiger partial charge in [0, 0.05) is 42.3 Å². The first-order valence-corrected chi connectivity index (χ1v) is 8.36. The van der Waals surface area contributed by atoms with Crippen molar-refractivity contribution < 1.29 is 9.53 Å². The van der Waals surface area contributed by atoms with Gasteiger partial charge >= 0.3 is 0 Å². The summed E-state index contributed by atoms with van der Waals surface area (Å²) in [7, 11) is 1.63. The molecule has 1 aromatic carbocycles. The number of carbonyl (C=O) groups excluding carboxylic acids is 1. The van der Waals surface area contributed by atoms with Crippen LogP contribution in [0.2, 0.25) is 0 Å². The number of nitrogens with zero attached hydrogens (tertiary/aromatic N) is 2. The maximum Gasteiger partial charge on any atom is 0.268 e. The summed E-state index contributed by atoms with van der Waals surface area (Å²) in [4.78, 5) is 22.3. The highest BCUT2D eigenvalue weighted by Gasteiger charge is 2.25. The van der Waals surface area contributed by atoms with Crippen molar-refractivity contribution in [2.24, 2.45) is 0 Å². The second-order valence-electron chi connectivity index (χ2n) is 6.23. The van der Waals surface area contributed by atoms with Crippen molar-refractivity contribution in [3.05, 3.63) is 54.4 Å². The van der Waals surface area contributed by atoms with Crippen molar-refractivity contribution in [2.45, 2.75) is 12.5 Å². The van der Waals surface area contributed by atoms with Gasteiger partial charge in [0.25, 0.3) is 5.91 Å². The Hall–Kier alpha value is -3.02. The molecule has 0 saturated carbocycles. The van der Waals surface area contributed by atoms with Gasteiger partial charge in [-0.1, -0.05) is 6.07 Å². The maximum absolute atomic E-state index is 12.6. The molecule has 2 aromatic heterocycles. The first kappa shape index (κ1) is 15.5. The Kier molecular flexibility index (Phi) is 4.01. The molecule has 0 spiro atoms. The van der Waals surface area contributed by atoms with Crippen LogP contribution in [0.5, 0.6) is 5.75 Å². The molecule has 6 heteroatoms. The zero-order valence-electron chi connectivity index (χ0n) is 14.0. The van der Waals surface area contributed by atoms with Crippen molar-refractivity contribution >= 4 is 22.6 Å². The van der Waals surface area contributed by atoms with Crippen molar-refractivity contribution in [1.29, 1.82) is 0 Å². The highest BCUT2D eigenvalue weighted by atomic mass is 16.5. The molecule has 0 unspecified atom stereocenters. The van der Waals surface area contributed by atoms with E-state index in [1.807, 2.05) is 42.5 Å². The third kappa shape index (κ3) is 3.15. The number of pyridine rings is 1. The van der Waals surface area contributed by atoms with Gasteiger partial charge in [0.05, 0.1) is 7.11 Å². The lowest BCUT2D eigenvalue weighted by Crippen LogP contribution is -2.37. The van der Waals surface area contributed by atoms with E-state index in [4.69, 9.17) is 4.74 Å². The summed E-state index contributed by atoms with van der Waals surface area (Å²) in [6.45, 7) is 1.67. The number of H-pyrrole nitrogens is 1. The van der Waals surface area contributed by atoms with Gasteiger partial charge in [-0.3, -0.25) is 4.79 Å². The Labute approximate surface area is 145 Å². The molecule has 6 nitrogen and oxygen atoms in total. The van der Waals surface area contributed by atoms with Crippen LogP contribution in [0.3, 0.4) is 0 Å². The molecule has 1 aliphatic rings. The molecule has 1 amide bonds. The molecule has 0 bridgehead atoms. The topological polar surface area (TPSA) is 70.2 Å². The van der Waals surface area contributed by atoms with Crippen molar-refractivity contribution in [3.63, 3.8) is 0 Å². The molecule has 128 valence electrons. The number of aromatic nitrogens is 2. The van der Waals surface area contributed by atoms with Gasteiger partial charge in [0.15, 0.2) is 0 Å². The molecule has 1 atom stereocenters. The first-order valence-electron chi connectivity index (χ1n) is 8.36. The van der Waals surface area contributed by atoms with Gasteiger partial charge in [-0.05, 0) is 36.8 Å². The largest absolute Gasteiger partial charge is 0.497 e. The minimum Gasteiger partial charge on any atom is -0.497 e. The van der Waals surface area contributed by atoms with E-state index in [0.29, 0.717) is 5.69 Å². The fraction of sp³-hybridized carbons (Fsp3) is 0.263. The van der Waals surface area contributed by atoms with Crippen LogP contribution in [0, 0.1) is 0 Å². The van der Waals surface area contributed by atoms with Crippen molar-refractivity contribution in [1.82, 2.24) is 15.3 Å². The van der Waals surface area contributed by atoms with Crippen molar-refractivity contribution in [2.75, 3.05) is 25.1 Å². The van der Waals surface area contributed by atoms with Gasteiger partial charge in [-0.15, -0.1) is 0 Å². The van der Waals surface area contributed by atoms with Gasteiger partial charge in [0.1, 0.15) is 17.3 Å². The summed E-state index contributed by atoms with van der Waals surface area (Å²) in [5.74, 6) is 1.64. The number of nitrogens with one attached hydrogen (secondary N) is 2. The predicted molar refractivity (Wildman–Crippen MR) is 97.2 cm³/mol. The number of amides is 1. The van der Waals surface area contributed by atoms with E-state index in [1.165, 1.54) is 0 Å². The molecule has 0 aliphatic carbocycles. The summed E-state index contributed by atoms with van der Waals surface area (Å²) in [5.41, 5.74) is 1.46. The summed E-state index contributed by atoms with van der Waals surface area (Å²) >= 11 is 0. The third-order valence-electron chi connectivity index (χ3n) is 4.57. The number of carbonyl (C=O) groups is 1. The van der Waals surface area contributed by atoms with Gasteiger partial charge in [-0.25, -0.2) is 4.98 Å². The van der Waals surface area contributed by atoms with E-state index in [-0.39, 0.29) is 11.9 Å². The number of anilines is 1. The molecule has 25 heavy (non-hydrogen) atoms. The molecular formula is C19H20N4O2. The molecular weight excluding hydrogens is 316 g/mol. The van der Waals surface area contributed by atoms with Gasteiger partial charge in [-0.2, -0.15) is 0 Å². The third-order valence-corrected chi connectivity index (χ3v) is 4.57. The molecule has 4 rings (SSSR count). The molecule has 2 N–H and O–H groups in total. The number of hydrogen-bond acceptors (Lipinski definition) is 4. The second kappa shape index (κ2) is 6.47. The lowest BCUT2D eigenvalue weighted by molar-refractivity contribution is 0.0936. The average molecular weight is 336 g/mol. The van der Waals surface area contributed by atoms with E-state index in [1.54, 1.807) is 13.3 Å². The number of ether oxygens (including phenoxy) is 1. The van der Waals surface area contributed by atoms with Crippen LogP contribution in [-0.2, 0) is 0 Å². The number of methoxy groups -OCH3 is 1. The highest BCUT2D eigenvalue weighted by molar-refractivity contribution is 5.98. The van der Waals surface area contributed by atoms with Gasteiger partial charge in [0.2, 0.25) is 0 Å². The Balaban J connectivity index is 1.44. The quantitative estimate of drug-likeness (QED) is 0.768. The van der Waals surface area contributed by atoms with E-state index in [2.05, 4.69) is 20.2 Å². The lowest BCUT2D eigenvalue weighted by Gasteiger charge is -2.17. The first-order chi connectivity index (χ1) is 12.2. The normalized spacial score (nSPS) is 17.0. The fourth-order valence-corrected chi connectivity index (χ4v) is 3.25. The smallest absolute Gasteiger partial charge is 0.268 e. The van der Waals surface area contributed by atoms with E-state index in [0.717, 1.165) is 42.0 Å². The Morgan fingerprint density at radius 3 is 3.04 bits per heavy atom. The molecule has 1 fully saturated rings. The van der Waals surface area contributed by atoms with Crippen LogP contribution in [0.25, 0.3) is 10.9 Å². The number of aromatic amines is 1. The fourth-order valence-electron chi connectivity index (χ4n) is 3.25. The summed E-state index contributed by atoms with van der Waals surface area (Å²) in [6, 6.07) is 13.6. The monoisotopic (exact) mass is 336 g/mol. The minimum absolute atomic E-state index is 0.0805. The molecule has 1 aliphatic heterocycles. The summed E-state index contributed by atoms with van der Waals surface area (Å²) < 4.78 is 5.22.